The van der Waals surface area contributed by atoms with Gasteiger partial charge in [0.1, 0.15) is 5.82 Å². The summed E-state index contributed by atoms with van der Waals surface area (Å²) in [4.78, 5) is 17.6. The number of carboxylic acid groups (broad SMARTS) is 1. The molecule has 98 valence electrons. The number of anilines is 1. The van der Waals surface area contributed by atoms with Gasteiger partial charge in [-0.25, -0.2) is 9.78 Å². The predicted molar refractivity (Wildman–Crippen MR) is 70.1 cm³/mol. The lowest BCUT2D eigenvalue weighted by Gasteiger charge is -2.20. The van der Waals surface area contributed by atoms with Gasteiger partial charge in [-0.15, -0.1) is 0 Å². The zero-order valence-corrected chi connectivity index (χ0v) is 10.8. The smallest absolute Gasteiger partial charge is 0.335 e. The Morgan fingerprint density at radius 3 is 3.00 bits per heavy atom. The molecule has 1 aromatic heterocycles. The van der Waals surface area contributed by atoms with Crippen molar-refractivity contribution in [1.29, 1.82) is 0 Å². The van der Waals surface area contributed by atoms with Crippen LogP contribution >= 0.6 is 0 Å². The van der Waals surface area contributed by atoms with E-state index in [1.807, 2.05) is 0 Å². The molecule has 1 fully saturated rings. The van der Waals surface area contributed by atoms with Crippen LogP contribution in [-0.4, -0.2) is 47.1 Å². The third kappa shape index (κ3) is 2.98. The lowest BCUT2D eigenvalue weighted by Crippen LogP contribution is -2.31. The van der Waals surface area contributed by atoms with Gasteiger partial charge in [-0.2, -0.15) is 0 Å². The summed E-state index contributed by atoms with van der Waals surface area (Å²) in [6.07, 6.45) is 2.41. The molecule has 1 unspecified atom stereocenters. The van der Waals surface area contributed by atoms with Gasteiger partial charge in [0.05, 0.1) is 5.56 Å². The van der Waals surface area contributed by atoms with Crippen LogP contribution in [0, 0.1) is 6.92 Å². The molecular weight excluding hydrogens is 230 g/mol. The third-order valence-corrected chi connectivity index (χ3v) is 3.39. The Labute approximate surface area is 107 Å². The molecule has 2 rings (SSSR count). The van der Waals surface area contributed by atoms with Crippen LogP contribution in [0.3, 0.4) is 0 Å². The van der Waals surface area contributed by atoms with E-state index in [1.54, 1.807) is 19.1 Å². The van der Waals surface area contributed by atoms with Crippen molar-refractivity contribution in [3.63, 3.8) is 0 Å². The van der Waals surface area contributed by atoms with E-state index >= 15 is 0 Å². The quantitative estimate of drug-likeness (QED) is 0.848. The molecule has 18 heavy (non-hydrogen) atoms. The van der Waals surface area contributed by atoms with Gasteiger partial charge in [-0.05, 0) is 45.5 Å². The normalized spacial score (nSPS) is 20.0. The molecule has 0 aliphatic carbocycles. The number of nitrogens with zero attached hydrogens (tertiary/aromatic N) is 2. The molecular formula is C13H19N3O2. The molecule has 1 saturated heterocycles. The zero-order valence-electron chi connectivity index (χ0n) is 10.8. The Kier molecular flexibility index (Phi) is 3.81. The second kappa shape index (κ2) is 5.35. The highest BCUT2D eigenvalue weighted by molar-refractivity contribution is 5.88. The first-order valence-electron chi connectivity index (χ1n) is 6.22. The molecule has 1 aliphatic heterocycles. The molecule has 1 aliphatic rings. The standard InChI is InChI=1S/C13H19N3O2/c1-9-6-10(13(17)18)7-12(15-9)14-8-11-4-3-5-16(11)2/h6-7,11H,3-5,8H2,1-2H3,(H,14,15)(H,17,18). The minimum absolute atomic E-state index is 0.282. The van der Waals surface area contributed by atoms with Crippen molar-refractivity contribution < 1.29 is 9.90 Å². The van der Waals surface area contributed by atoms with Crippen LogP contribution in [0.4, 0.5) is 5.82 Å². The number of aromatic nitrogens is 1. The monoisotopic (exact) mass is 249 g/mol. The fourth-order valence-electron chi connectivity index (χ4n) is 2.34. The molecule has 5 heteroatoms. The van der Waals surface area contributed by atoms with Gasteiger partial charge in [0.15, 0.2) is 0 Å². The second-order valence-corrected chi connectivity index (χ2v) is 4.85. The molecule has 0 amide bonds. The van der Waals surface area contributed by atoms with E-state index in [4.69, 9.17) is 5.11 Å². The number of rotatable bonds is 4. The van der Waals surface area contributed by atoms with E-state index in [0.29, 0.717) is 11.9 Å². The molecule has 0 radical (unpaired) electrons. The second-order valence-electron chi connectivity index (χ2n) is 4.85. The first-order chi connectivity index (χ1) is 8.56. The fraction of sp³-hybridized carbons (Fsp3) is 0.538. The fourth-order valence-corrected chi connectivity index (χ4v) is 2.34. The third-order valence-electron chi connectivity index (χ3n) is 3.39. The Bertz CT molecular complexity index is 448. The molecule has 1 atom stereocenters. The van der Waals surface area contributed by atoms with Crippen molar-refractivity contribution in [2.75, 3.05) is 25.5 Å². The van der Waals surface area contributed by atoms with Crippen molar-refractivity contribution >= 4 is 11.8 Å². The minimum Gasteiger partial charge on any atom is -0.478 e. The number of pyridine rings is 1. The first kappa shape index (κ1) is 12.8. The van der Waals surface area contributed by atoms with Crippen molar-refractivity contribution in [2.24, 2.45) is 0 Å². The average Bonchev–Trinajstić information content (AvgIpc) is 2.71. The maximum absolute atomic E-state index is 11.0. The van der Waals surface area contributed by atoms with E-state index in [2.05, 4.69) is 22.2 Å². The molecule has 0 saturated carbocycles. The van der Waals surface area contributed by atoms with E-state index in [9.17, 15) is 4.79 Å². The van der Waals surface area contributed by atoms with Crippen LogP contribution in [0.25, 0.3) is 0 Å². The van der Waals surface area contributed by atoms with Crippen molar-refractivity contribution in [3.8, 4) is 0 Å². The Hall–Kier alpha value is -1.62. The largest absolute Gasteiger partial charge is 0.478 e. The van der Waals surface area contributed by atoms with Crippen LogP contribution in [0.5, 0.6) is 0 Å². The lowest BCUT2D eigenvalue weighted by molar-refractivity contribution is 0.0696. The highest BCUT2D eigenvalue weighted by Gasteiger charge is 2.20. The van der Waals surface area contributed by atoms with E-state index in [0.717, 1.165) is 18.8 Å². The van der Waals surface area contributed by atoms with Gasteiger partial charge in [-0.1, -0.05) is 0 Å². The number of carbonyl (C=O) groups is 1. The molecule has 5 nitrogen and oxygen atoms in total. The summed E-state index contributed by atoms with van der Waals surface area (Å²) in [6.45, 7) is 3.75. The molecule has 2 heterocycles. The van der Waals surface area contributed by atoms with Crippen molar-refractivity contribution in [1.82, 2.24) is 9.88 Å². The Morgan fingerprint density at radius 2 is 2.39 bits per heavy atom. The number of hydrogen-bond acceptors (Lipinski definition) is 4. The topological polar surface area (TPSA) is 65.5 Å². The number of likely N-dealkylation sites (tertiary alicyclic amines) is 1. The number of carboxylic acids is 1. The summed E-state index contributed by atoms with van der Waals surface area (Å²) in [6, 6.07) is 3.68. The summed E-state index contributed by atoms with van der Waals surface area (Å²) in [5.74, 6) is -0.269. The van der Waals surface area contributed by atoms with Gasteiger partial charge >= 0.3 is 5.97 Å². The zero-order chi connectivity index (χ0) is 13.1. The lowest BCUT2D eigenvalue weighted by atomic mass is 10.2. The number of aryl methyl sites for hydroxylation is 1. The van der Waals surface area contributed by atoms with Crippen LogP contribution in [0.15, 0.2) is 12.1 Å². The molecule has 2 N–H and O–H groups in total. The van der Waals surface area contributed by atoms with Gasteiger partial charge in [0.25, 0.3) is 0 Å². The molecule has 0 aromatic carbocycles. The van der Waals surface area contributed by atoms with E-state index < -0.39 is 5.97 Å². The first-order valence-corrected chi connectivity index (χ1v) is 6.22. The predicted octanol–water partition coefficient (Wildman–Crippen LogP) is 1.59. The van der Waals surface area contributed by atoms with Gasteiger partial charge in [0, 0.05) is 18.3 Å². The van der Waals surface area contributed by atoms with Crippen LogP contribution in [-0.2, 0) is 0 Å². The summed E-state index contributed by atoms with van der Waals surface area (Å²) in [7, 11) is 2.12. The maximum Gasteiger partial charge on any atom is 0.335 e. The molecule has 0 bridgehead atoms. The van der Waals surface area contributed by atoms with Crippen molar-refractivity contribution in [3.05, 3.63) is 23.4 Å². The molecule has 1 aromatic rings. The highest BCUT2D eigenvalue weighted by Crippen LogP contribution is 2.16. The number of aromatic carboxylic acids is 1. The Balaban J connectivity index is 2.02. The SMILES string of the molecule is Cc1cc(C(=O)O)cc(NCC2CCCN2C)n1. The summed E-state index contributed by atoms with van der Waals surface area (Å²) < 4.78 is 0. The summed E-state index contributed by atoms with van der Waals surface area (Å²) >= 11 is 0. The van der Waals surface area contributed by atoms with Crippen LogP contribution in [0.1, 0.15) is 28.9 Å². The van der Waals surface area contributed by atoms with Crippen LogP contribution in [0.2, 0.25) is 0 Å². The van der Waals surface area contributed by atoms with Gasteiger partial charge in [-0.3, -0.25) is 0 Å². The van der Waals surface area contributed by atoms with Gasteiger partial charge in [0.2, 0.25) is 0 Å². The Morgan fingerprint density at radius 1 is 1.61 bits per heavy atom. The van der Waals surface area contributed by atoms with Crippen molar-refractivity contribution in [2.45, 2.75) is 25.8 Å². The number of hydrogen-bond donors (Lipinski definition) is 2. The molecule has 0 spiro atoms. The average molecular weight is 249 g/mol. The highest BCUT2D eigenvalue weighted by atomic mass is 16.4. The van der Waals surface area contributed by atoms with Gasteiger partial charge < -0.3 is 15.3 Å². The summed E-state index contributed by atoms with van der Waals surface area (Å²) in [5.41, 5.74) is 1.00. The number of likely N-dealkylation sites (N-methyl/N-ethyl adjacent to an activating group) is 1. The summed E-state index contributed by atoms with van der Waals surface area (Å²) in [5, 5.41) is 12.2. The van der Waals surface area contributed by atoms with E-state index in [-0.39, 0.29) is 5.56 Å². The minimum atomic E-state index is -0.915. The number of nitrogens with one attached hydrogen (secondary N) is 1. The van der Waals surface area contributed by atoms with E-state index in [1.165, 1.54) is 12.8 Å². The van der Waals surface area contributed by atoms with Crippen LogP contribution < -0.4 is 5.32 Å². The maximum atomic E-state index is 11.0.